The summed E-state index contributed by atoms with van der Waals surface area (Å²) in [5, 5.41) is 16.2. The van der Waals surface area contributed by atoms with Crippen LogP contribution in [0.5, 0.6) is 0 Å². The van der Waals surface area contributed by atoms with Crippen molar-refractivity contribution in [3.05, 3.63) is 29.3 Å². The first-order valence-corrected chi connectivity index (χ1v) is 5.39. The summed E-state index contributed by atoms with van der Waals surface area (Å²) < 4.78 is 0. The zero-order chi connectivity index (χ0) is 10.8. The molecule has 0 saturated carbocycles. The molecule has 3 heteroatoms. The molecular formula is C12H18N2O. The van der Waals surface area contributed by atoms with Gasteiger partial charge in [0.25, 0.3) is 0 Å². The number of hydrogen-bond acceptors (Lipinski definition) is 3. The van der Waals surface area contributed by atoms with Crippen LogP contribution in [0.1, 0.15) is 11.1 Å². The zero-order valence-corrected chi connectivity index (χ0v) is 9.25. The molecule has 0 unspecified atom stereocenters. The molecular weight excluding hydrogens is 188 g/mol. The number of aryl methyl sites for hydroxylation is 2. The Bertz CT molecular complexity index is 351. The first kappa shape index (κ1) is 10.5. The van der Waals surface area contributed by atoms with Crippen molar-refractivity contribution in [1.82, 2.24) is 5.32 Å². The molecule has 1 saturated heterocycles. The molecule has 3 nitrogen and oxygen atoms in total. The topological polar surface area (TPSA) is 44.3 Å². The van der Waals surface area contributed by atoms with E-state index in [9.17, 15) is 5.11 Å². The largest absolute Gasteiger partial charge is 0.390 e. The van der Waals surface area contributed by atoms with E-state index in [4.69, 9.17) is 0 Å². The van der Waals surface area contributed by atoms with Crippen molar-refractivity contribution in [2.75, 3.05) is 18.4 Å². The lowest BCUT2D eigenvalue weighted by Gasteiger charge is -2.17. The summed E-state index contributed by atoms with van der Waals surface area (Å²) in [6, 6.07) is 6.42. The lowest BCUT2D eigenvalue weighted by Crippen LogP contribution is -2.31. The summed E-state index contributed by atoms with van der Waals surface area (Å²) in [5.41, 5.74) is 3.66. The highest BCUT2D eigenvalue weighted by Gasteiger charge is 2.24. The van der Waals surface area contributed by atoms with Gasteiger partial charge < -0.3 is 15.7 Å². The van der Waals surface area contributed by atoms with Gasteiger partial charge in [-0.15, -0.1) is 0 Å². The van der Waals surface area contributed by atoms with Crippen molar-refractivity contribution >= 4 is 5.69 Å². The van der Waals surface area contributed by atoms with Gasteiger partial charge in [-0.25, -0.2) is 0 Å². The molecule has 0 amide bonds. The Hall–Kier alpha value is -1.06. The minimum absolute atomic E-state index is 0.132. The molecule has 0 radical (unpaired) electrons. The van der Waals surface area contributed by atoms with E-state index in [0.717, 1.165) is 12.2 Å². The van der Waals surface area contributed by atoms with Crippen LogP contribution in [-0.2, 0) is 0 Å². The summed E-state index contributed by atoms with van der Waals surface area (Å²) in [4.78, 5) is 0. The van der Waals surface area contributed by atoms with Crippen molar-refractivity contribution in [1.29, 1.82) is 0 Å². The SMILES string of the molecule is Cc1ccc(N[C@@H]2CNC[C@H]2O)cc1C. The van der Waals surface area contributed by atoms with Crippen LogP contribution in [0.2, 0.25) is 0 Å². The van der Waals surface area contributed by atoms with E-state index in [-0.39, 0.29) is 12.1 Å². The number of anilines is 1. The average molecular weight is 206 g/mol. The lowest BCUT2D eigenvalue weighted by atomic mass is 10.1. The smallest absolute Gasteiger partial charge is 0.0877 e. The Kier molecular flexibility index (Phi) is 2.93. The number of benzene rings is 1. The molecule has 1 aliphatic rings. The van der Waals surface area contributed by atoms with Gasteiger partial charge in [-0.05, 0) is 37.1 Å². The first-order valence-electron chi connectivity index (χ1n) is 5.39. The van der Waals surface area contributed by atoms with Gasteiger partial charge in [0.15, 0.2) is 0 Å². The fraction of sp³-hybridized carbons (Fsp3) is 0.500. The summed E-state index contributed by atoms with van der Waals surface area (Å²) >= 11 is 0. The molecule has 0 aromatic heterocycles. The number of nitrogens with one attached hydrogen (secondary N) is 2. The Morgan fingerprint density at radius 3 is 2.67 bits per heavy atom. The van der Waals surface area contributed by atoms with Gasteiger partial charge in [0.1, 0.15) is 0 Å². The molecule has 3 N–H and O–H groups in total. The van der Waals surface area contributed by atoms with Gasteiger partial charge in [-0.2, -0.15) is 0 Å². The highest BCUT2D eigenvalue weighted by Crippen LogP contribution is 2.16. The van der Waals surface area contributed by atoms with Crippen LogP contribution in [0.4, 0.5) is 5.69 Å². The van der Waals surface area contributed by atoms with E-state index in [1.807, 2.05) is 0 Å². The Morgan fingerprint density at radius 1 is 1.27 bits per heavy atom. The summed E-state index contributed by atoms with van der Waals surface area (Å²) in [6.07, 6.45) is -0.286. The van der Waals surface area contributed by atoms with Crippen LogP contribution in [0, 0.1) is 13.8 Å². The van der Waals surface area contributed by atoms with Gasteiger partial charge in [-0.1, -0.05) is 6.07 Å². The molecule has 82 valence electrons. The zero-order valence-electron chi connectivity index (χ0n) is 9.25. The minimum atomic E-state index is -0.286. The van der Waals surface area contributed by atoms with Crippen molar-refractivity contribution < 1.29 is 5.11 Å². The normalized spacial score (nSPS) is 25.5. The standard InChI is InChI=1S/C12H18N2O/c1-8-3-4-10(5-9(8)2)14-11-6-13-7-12(11)15/h3-5,11-15H,6-7H2,1-2H3/t11-,12-/m1/s1. The first-order chi connectivity index (χ1) is 7.16. The van der Waals surface area contributed by atoms with Gasteiger partial charge in [0, 0.05) is 18.8 Å². The second-order valence-corrected chi connectivity index (χ2v) is 4.28. The molecule has 0 bridgehead atoms. The number of hydrogen-bond donors (Lipinski definition) is 3. The number of aliphatic hydroxyl groups excluding tert-OH is 1. The van der Waals surface area contributed by atoms with Crippen molar-refractivity contribution in [2.24, 2.45) is 0 Å². The highest BCUT2D eigenvalue weighted by atomic mass is 16.3. The maximum Gasteiger partial charge on any atom is 0.0877 e. The monoisotopic (exact) mass is 206 g/mol. The predicted molar refractivity (Wildman–Crippen MR) is 62.2 cm³/mol. The third-order valence-corrected chi connectivity index (χ3v) is 3.04. The molecule has 1 aromatic carbocycles. The summed E-state index contributed by atoms with van der Waals surface area (Å²) in [5.74, 6) is 0. The Balaban J connectivity index is 2.07. The van der Waals surface area contributed by atoms with Crippen molar-refractivity contribution in [2.45, 2.75) is 26.0 Å². The second-order valence-electron chi connectivity index (χ2n) is 4.28. The van der Waals surface area contributed by atoms with Crippen LogP contribution >= 0.6 is 0 Å². The van der Waals surface area contributed by atoms with Gasteiger partial charge in [0.2, 0.25) is 0 Å². The van der Waals surface area contributed by atoms with E-state index in [0.29, 0.717) is 6.54 Å². The maximum absolute atomic E-state index is 9.65. The molecule has 1 aromatic rings. The Morgan fingerprint density at radius 2 is 2.07 bits per heavy atom. The van der Waals surface area contributed by atoms with Crippen molar-refractivity contribution in [3.63, 3.8) is 0 Å². The minimum Gasteiger partial charge on any atom is -0.390 e. The molecule has 0 spiro atoms. The fourth-order valence-corrected chi connectivity index (χ4v) is 1.86. The molecule has 15 heavy (non-hydrogen) atoms. The third kappa shape index (κ3) is 2.30. The van der Waals surface area contributed by atoms with Gasteiger partial charge in [0.05, 0.1) is 12.1 Å². The summed E-state index contributed by atoms with van der Waals surface area (Å²) in [7, 11) is 0. The molecule has 1 fully saturated rings. The summed E-state index contributed by atoms with van der Waals surface area (Å²) in [6.45, 7) is 5.71. The van der Waals surface area contributed by atoms with Crippen molar-refractivity contribution in [3.8, 4) is 0 Å². The van der Waals surface area contributed by atoms with Crippen LogP contribution in [0.15, 0.2) is 18.2 Å². The Labute approximate surface area is 90.5 Å². The van der Waals surface area contributed by atoms with E-state index >= 15 is 0 Å². The number of β-amino-alcohol motifs (C(OH)–C–C–N with tert-alkyl or cyclic N) is 1. The predicted octanol–water partition coefficient (Wildman–Crippen LogP) is 1.05. The van der Waals surface area contributed by atoms with E-state index in [1.54, 1.807) is 0 Å². The van der Waals surface area contributed by atoms with Crippen LogP contribution in [0.25, 0.3) is 0 Å². The van der Waals surface area contributed by atoms with E-state index in [2.05, 4.69) is 42.7 Å². The van der Waals surface area contributed by atoms with E-state index < -0.39 is 0 Å². The number of aliphatic hydroxyl groups is 1. The molecule has 2 atom stereocenters. The third-order valence-electron chi connectivity index (χ3n) is 3.04. The maximum atomic E-state index is 9.65. The van der Waals surface area contributed by atoms with Gasteiger partial charge in [-0.3, -0.25) is 0 Å². The molecule has 0 aliphatic carbocycles. The average Bonchev–Trinajstić information content (AvgIpc) is 2.59. The van der Waals surface area contributed by atoms with Crippen LogP contribution in [-0.4, -0.2) is 30.3 Å². The lowest BCUT2D eigenvalue weighted by molar-refractivity contribution is 0.185. The van der Waals surface area contributed by atoms with Gasteiger partial charge >= 0.3 is 0 Å². The fourth-order valence-electron chi connectivity index (χ4n) is 1.86. The van der Waals surface area contributed by atoms with Crippen LogP contribution in [0.3, 0.4) is 0 Å². The second kappa shape index (κ2) is 4.21. The number of rotatable bonds is 2. The van der Waals surface area contributed by atoms with Crippen LogP contribution < -0.4 is 10.6 Å². The van der Waals surface area contributed by atoms with E-state index in [1.165, 1.54) is 11.1 Å². The molecule has 1 aliphatic heterocycles. The molecule has 2 rings (SSSR count). The quantitative estimate of drug-likeness (QED) is 0.677. The highest BCUT2D eigenvalue weighted by molar-refractivity contribution is 5.49. The molecule has 1 heterocycles.